The number of anilines is 1. The fraction of sp³-hybridized carbons (Fsp3) is 0.407. The van der Waals surface area contributed by atoms with Gasteiger partial charge in [-0.1, -0.05) is 6.08 Å². The molecule has 1 aliphatic carbocycles. The molecule has 0 amide bonds. The van der Waals surface area contributed by atoms with Crippen molar-refractivity contribution in [3.8, 4) is 6.07 Å². The van der Waals surface area contributed by atoms with E-state index in [4.69, 9.17) is 4.74 Å². The van der Waals surface area contributed by atoms with E-state index in [9.17, 15) is 5.26 Å². The molecule has 7 heteroatoms. The Labute approximate surface area is 200 Å². The van der Waals surface area contributed by atoms with Crippen LogP contribution in [0.25, 0.3) is 10.9 Å². The largest absolute Gasteiger partial charge is 0.383 e. The number of pyridine rings is 1. The Morgan fingerprint density at radius 3 is 3.09 bits per heavy atom. The number of ether oxygens (including phenoxy) is 1. The van der Waals surface area contributed by atoms with Crippen LogP contribution in [0.5, 0.6) is 0 Å². The van der Waals surface area contributed by atoms with Crippen LogP contribution in [0, 0.1) is 11.3 Å². The van der Waals surface area contributed by atoms with Crippen molar-refractivity contribution in [2.75, 3.05) is 50.8 Å². The number of aromatic nitrogens is 1. The van der Waals surface area contributed by atoms with Gasteiger partial charge in [-0.05, 0) is 54.8 Å². The molecule has 0 spiro atoms. The molecule has 4 heterocycles. The molecule has 0 unspecified atom stereocenters. The van der Waals surface area contributed by atoms with Crippen LogP contribution in [0.1, 0.15) is 18.9 Å². The molecular weight excluding hydrogens is 424 g/mol. The maximum absolute atomic E-state index is 9.52. The number of fused-ring (bicyclic) bond motifs is 3. The number of nitrogens with zero attached hydrogens (tertiary/aromatic N) is 4. The Bertz CT molecular complexity index is 1250. The van der Waals surface area contributed by atoms with Gasteiger partial charge in [0.15, 0.2) is 0 Å². The average Bonchev–Trinajstić information content (AvgIpc) is 3.26. The van der Waals surface area contributed by atoms with Gasteiger partial charge in [-0.3, -0.25) is 4.98 Å². The molecule has 0 radical (unpaired) electrons. The lowest BCUT2D eigenvalue weighted by atomic mass is 9.97. The monoisotopic (exact) mass is 454 g/mol. The minimum atomic E-state index is 0.230. The Morgan fingerprint density at radius 2 is 2.24 bits per heavy atom. The zero-order valence-corrected chi connectivity index (χ0v) is 19.6. The van der Waals surface area contributed by atoms with Gasteiger partial charge in [0, 0.05) is 67.4 Å². The number of nitrogens with one attached hydrogen (secondary N) is 2. The van der Waals surface area contributed by atoms with Crippen molar-refractivity contribution in [2.24, 2.45) is 0 Å². The maximum Gasteiger partial charge on any atom is 0.101 e. The van der Waals surface area contributed by atoms with Crippen molar-refractivity contribution >= 4 is 16.6 Å². The summed E-state index contributed by atoms with van der Waals surface area (Å²) in [7, 11) is 0. The van der Waals surface area contributed by atoms with Gasteiger partial charge in [-0.25, -0.2) is 0 Å². The van der Waals surface area contributed by atoms with Gasteiger partial charge in [0.1, 0.15) is 6.07 Å². The van der Waals surface area contributed by atoms with E-state index in [2.05, 4.69) is 62.7 Å². The van der Waals surface area contributed by atoms with Gasteiger partial charge in [0.25, 0.3) is 0 Å². The number of rotatable bonds is 4. The zero-order valence-electron chi connectivity index (χ0n) is 19.6. The summed E-state index contributed by atoms with van der Waals surface area (Å²) in [6.45, 7) is 8.60. The first kappa shape index (κ1) is 21.2. The molecule has 174 valence electrons. The molecule has 7 nitrogen and oxygen atoms in total. The van der Waals surface area contributed by atoms with Crippen LogP contribution in [0.3, 0.4) is 0 Å². The summed E-state index contributed by atoms with van der Waals surface area (Å²) in [6.07, 6.45) is 7.60. The first-order valence-electron chi connectivity index (χ1n) is 12.2. The summed E-state index contributed by atoms with van der Waals surface area (Å²) in [5.74, 6) is 0. The molecule has 1 aromatic heterocycles. The van der Waals surface area contributed by atoms with Crippen LogP contribution in [0.2, 0.25) is 0 Å². The molecule has 6 rings (SSSR count). The molecule has 2 aromatic rings. The first-order valence-corrected chi connectivity index (χ1v) is 12.2. The summed E-state index contributed by atoms with van der Waals surface area (Å²) in [6, 6.07) is 10.7. The quantitative estimate of drug-likeness (QED) is 0.736. The summed E-state index contributed by atoms with van der Waals surface area (Å²) >= 11 is 0. The average molecular weight is 455 g/mol. The van der Waals surface area contributed by atoms with E-state index in [-0.39, 0.29) is 6.10 Å². The van der Waals surface area contributed by atoms with Gasteiger partial charge in [0.2, 0.25) is 0 Å². The highest BCUT2D eigenvalue weighted by atomic mass is 16.5. The molecule has 2 atom stereocenters. The van der Waals surface area contributed by atoms with E-state index >= 15 is 0 Å². The molecule has 0 bridgehead atoms. The third-order valence-electron chi connectivity index (χ3n) is 7.38. The minimum absolute atomic E-state index is 0.230. The lowest BCUT2D eigenvalue weighted by Gasteiger charge is -2.42. The molecule has 0 saturated carbocycles. The fourth-order valence-electron chi connectivity index (χ4n) is 5.66. The standard InChI is InChI=1S/C27H30N6O/c1-18-15-32(25-7-4-19(12-28)27-24(25)3-2-8-30-27)17-26-23-6-5-21(11-20(23)16-33(18)26)31-14-22-13-29-9-10-34-22/h2-5,7-8,11,18,22,29,31H,6,9-10,13-17H2,1H3/t18-,22+/m1/s1. The predicted octanol–water partition coefficient (Wildman–Crippen LogP) is 2.68. The lowest BCUT2D eigenvalue weighted by Crippen LogP contribution is -2.49. The Morgan fingerprint density at radius 1 is 1.29 bits per heavy atom. The van der Waals surface area contributed by atoms with E-state index in [1.165, 1.54) is 22.5 Å². The SMILES string of the molecule is C[C@@H]1CN(c2ccc(C#N)c3ncccc23)CC2=C3CC=C(NC[C@@H]4CNCCO4)C=C3CN21. The van der Waals surface area contributed by atoms with Crippen molar-refractivity contribution in [2.45, 2.75) is 25.5 Å². The van der Waals surface area contributed by atoms with Crippen LogP contribution in [-0.2, 0) is 4.74 Å². The van der Waals surface area contributed by atoms with Gasteiger partial charge in [-0.2, -0.15) is 5.26 Å². The molecule has 4 aliphatic rings. The third kappa shape index (κ3) is 3.73. The number of piperazine rings is 1. The van der Waals surface area contributed by atoms with E-state index in [0.29, 0.717) is 11.6 Å². The lowest BCUT2D eigenvalue weighted by molar-refractivity contribution is 0.0308. The molecule has 2 saturated heterocycles. The first-order chi connectivity index (χ1) is 16.7. The molecule has 2 N–H and O–H groups in total. The number of benzene rings is 1. The highest BCUT2D eigenvalue weighted by Crippen LogP contribution is 2.40. The molecule has 3 aliphatic heterocycles. The third-order valence-corrected chi connectivity index (χ3v) is 7.38. The van der Waals surface area contributed by atoms with E-state index in [0.717, 1.165) is 68.9 Å². The fourth-order valence-corrected chi connectivity index (χ4v) is 5.66. The number of hydrogen-bond acceptors (Lipinski definition) is 7. The molecule has 34 heavy (non-hydrogen) atoms. The van der Waals surface area contributed by atoms with E-state index < -0.39 is 0 Å². The highest BCUT2D eigenvalue weighted by molar-refractivity contribution is 5.95. The molecular formula is C27H30N6O. The number of morpholine rings is 1. The summed E-state index contributed by atoms with van der Waals surface area (Å²) in [4.78, 5) is 9.55. The highest BCUT2D eigenvalue weighted by Gasteiger charge is 2.36. The summed E-state index contributed by atoms with van der Waals surface area (Å²) < 4.78 is 5.83. The van der Waals surface area contributed by atoms with Crippen LogP contribution < -0.4 is 15.5 Å². The summed E-state index contributed by atoms with van der Waals surface area (Å²) in [5, 5.41) is 17.6. The maximum atomic E-state index is 9.52. The van der Waals surface area contributed by atoms with Crippen molar-refractivity contribution in [3.05, 3.63) is 70.7 Å². The van der Waals surface area contributed by atoms with Crippen LogP contribution in [-0.4, -0.2) is 67.9 Å². The van der Waals surface area contributed by atoms with E-state index in [1.807, 2.05) is 12.1 Å². The Balaban J connectivity index is 1.24. The van der Waals surface area contributed by atoms with Gasteiger partial charge >= 0.3 is 0 Å². The van der Waals surface area contributed by atoms with Crippen molar-refractivity contribution < 1.29 is 4.74 Å². The number of hydrogen-bond donors (Lipinski definition) is 2. The van der Waals surface area contributed by atoms with Crippen molar-refractivity contribution in [1.82, 2.24) is 20.5 Å². The van der Waals surface area contributed by atoms with Gasteiger partial charge in [0.05, 0.1) is 30.3 Å². The zero-order chi connectivity index (χ0) is 23.1. The number of allylic oxidation sites excluding steroid dienone is 2. The number of nitriles is 1. The normalized spacial score (nSPS) is 24.4. The van der Waals surface area contributed by atoms with E-state index in [1.54, 1.807) is 6.20 Å². The smallest absolute Gasteiger partial charge is 0.101 e. The second-order valence-corrected chi connectivity index (χ2v) is 9.54. The van der Waals surface area contributed by atoms with Crippen molar-refractivity contribution in [3.63, 3.8) is 0 Å². The topological polar surface area (TPSA) is 76.5 Å². The van der Waals surface area contributed by atoms with Gasteiger partial charge in [-0.15, -0.1) is 0 Å². The summed E-state index contributed by atoms with van der Waals surface area (Å²) in [5.41, 5.74) is 8.12. The van der Waals surface area contributed by atoms with Crippen LogP contribution in [0.15, 0.2) is 65.2 Å². The Hall–Kier alpha value is -3.34. The molecule has 2 fully saturated rings. The Kier molecular flexibility index (Phi) is 5.48. The van der Waals surface area contributed by atoms with Crippen LogP contribution >= 0.6 is 0 Å². The van der Waals surface area contributed by atoms with Crippen LogP contribution in [0.4, 0.5) is 5.69 Å². The molecule has 1 aromatic carbocycles. The minimum Gasteiger partial charge on any atom is -0.383 e. The predicted molar refractivity (Wildman–Crippen MR) is 133 cm³/mol. The van der Waals surface area contributed by atoms with Crippen molar-refractivity contribution in [1.29, 1.82) is 5.26 Å². The second kappa shape index (κ2) is 8.79. The van der Waals surface area contributed by atoms with Gasteiger partial charge < -0.3 is 25.2 Å². The second-order valence-electron chi connectivity index (χ2n) is 9.54.